The van der Waals surface area contributed by atoms with E-state index >= 15 is 0 Å². The quantitative estimate of drug-likeness (QED) is 0.282. The largest absolute Gasteiger partial charge is 0.479 e. The summed E-state index contributed by atoms with van der Waals surface area (Å²) in [5.41, 5.74) is 0.457. The van der Waals surface area contributed by atoms with Crippen LogP contribution in [0.15, 0.2) is 22.2 Å². The van der Waals surface area contributed by atoms with E-state index in [1.807, 2.05) is 0 Å². The molecule has 0 N–H and O–H groups in total. The molecule has 2 rings (SSSR count). The molecule has 0 radical (unpaired) electrons. The molecule has 0 saturated carbocycles. The molecule has 0 bridgehead atoms. The molecule has 144 valence electrons. The topological polar surface area (TPSA) is 76.2 Å². The highest BCUT2D eigenvalue weighted by molar-refractivity contribution is 9.10. The van der Waals surface area contributed by atoms with E-state index in [4.69, 9.17) is 33.3 Å². The smallest absolute Gasteiger partial charge is 0.344 e. The molecule has 2 amide bonds. The van der Waals surface area contributed by atoms with Crippen molar-refractivity contribution in [1.82, 2.24) is 9.80 Å². The van der Waals surface area contributed by atoms with Crippen LogP contribution in [-0.4, -0.2) is 60.0 Å². The van der Waals surface area contributed by atoms with Crippen LogP contribution in [0.5, 0.6) is 5.75 Å². The Kier molecular flexibility index (Phi) is 6.96. The minimum atomic E-state index is -0.521. The molecular formula is C17H16BrClN2O5S. The molecule has 1 aliphatic heterocycles. The van der Waals surface area contributed by atoms with E-state index in [0.717, 1.165) is 0 Å². The first kappa shape index (κ1) is 21.3. The van der Waals surface area contributed by atoms with Gasteiger partial charge in [0.05, 0.1) is 16.1 Å². The van der Waals surface area contributed by atoms with Crippen LogP contribution >= 0.6 is 39.7 Å². The first-order valence-electron chi connectivity index (χ1n) is 7.76. The van der Waals surface area contributed by atoms with E-state index in [0.29, 0.717) is 10.0 Å². The van der Waals surface area contributed by atoms with Crippen molar-refractivity contribution in [2.75, 3.05) is 27.3 Å². The molecule has 0 aliphatic carbocycles. The predicted octanol–water partition coefficient (Wildman–Crippen LogP) is 2.64. The normalized spacial score (nSPS) is 14.6. The number of likely N-dealkylation sites (N-methyl/N-ethyl adjacent to an activating group) is 2. The Morgan fingerprint density at radius 3 is 2.37 bits per heavy atom. The Hall–Kier alpha value is -1.97. The second-order valence-electron chi connectivity index (χ2n) is 5.48. The number of ether oxygens (including phenoxy) is 2. The van der Waals surface area contributed by atoms with Crippen LogP contribution in [0, 0.1) is 0 Å². The van der Waals surface area contributed by atoms with Crippen molar-refractivity contribution in [3.63, 3.8) is 0 Å². The average Bonchev–Trinajstić information content (AvgIpc) is 2.61. The molecule has 1 aromatic carbocycles. The molecule has 1 aliphatic rings. The molecule has 0 aromatic heterocycles. The summed E-state index contributed by atoms with van der Waals surface area (Å²) >= 11 is 14.6. The van der Waals surface area contributed by atoms with Gasteiger partial charge in [0.2, 0.25) is 0 Å². The summed E-state index contributed by atoms with van der Waals surface area (Å²) in [6, 6.07) is 3.14. The summed E-state index contributed by atoms with van der Waals surface area (Å²) in [6.45, 7) is 1.65. The number of esters is 1. The number of halogens is 2. The SMILES string of the molecule is CCOC(=O)COc1c(Cl)cc(C=C2C(=O)N(C)C(=S)N(C)C2=O)cc1Br. The van der Waals surface area contributed by atoms with Gasteiger partial charge in [-0.2, -0.15) is 0 Å². The third-order valence-electron chi connectivity index (χ3n) is 3.62. The summed E-state index contributed by atoms with van der Waals surface area (Å²) in [5.74, 6) is -1.27. The maximum absolute atomic E-state index is 12.4. The van der Waals surface area contributed by atoms with Crippen LogP contribution in [0.25, 0.3) is 6.08 Å². The molecule has 7 nitrogen and oxygen atoms in total. The summed E-state index contributed by atoms with van der Waals surface area (Å²) < 4.78 is 10.6. The highest BCUT2D eigenvalue weighted by atomic mass is 79.9. The second kappa shape index (κ2) is 8.81. The third kappa shape index (κ3) is 4.66. The van der Waals surface area contributed by atoms with Crippen LogP contribution in [0.3, 0.4) is 0 Å². The fourth-order valence-corrected chi connectivity index (χ4v) is 3.43. The monoisotopic (exact) mass is 474 g/mol. The summed E-state index contributed by atoms with van der Waals surface area (Å²) in [7, 11) is 2.99. The van der Waals surface area contributed by atoms with E-state index in [1.165, 1.54) is 36.0 Å². The van der Waals surface area contributed by atoms with Crippen LogP contribution < -0.4 is 4.74 Å². The fraction of sp³-hybridized carbons (Fsp3) is 0.294. The Labute approximate surface area is 175 Å². The lowest BCUT2D eigenvalue weighted by atomic mass is 10.1. The lowest BCUT2D eigenvalue weighted by Gasteiger charge is -2.31. The van der Waals surface area contributed by atoms with E-state index in [1.54, 1.807) is 13.0 Å². The van der Waals surface area contributed by atoms with Crippen LogP contribution in [-0.2, 0) is 19.1 Å². The molecule has 1 saturated heterocycles. The zero-order valence-electron chi connectivity index (χ0n) is 14.7. The van der Waals surface area contributed by atoms with Gasteiger partial charge in [-0.05, 0) is 58.8 Å². The Bertz CT molecular complexity index is 809. The van der Waals surface area contributed by atoms with Crippen molar-refractivity contribution in [3.8, 4) is 5.75 Å². The fourth-order valence-electron chi connectivity index (χ4n) is 2.28. The summed E-state index contributed by atoms with van der Waals surface area (Å²) in [6.07, 6.45) is 1.42. The van der Waals surface area contributed by atoms with Crippen molar-refractivity contribution in [3.05, 3.63) is 32.8 Å². The maximum Gasteiger partial charge on any atom is 0.344 e. The van der Waals surface area contributed by atoms with Gasteiger partial charge in [-0.1, -0.05) is 11.6 Å². The van der Waals surface area contributed by atoms with Gasteiger partial charge in [0.15, 0.2) is 17.5 Å². The molecule has 1 aromatic rings. The van der Waals surface area contributed by atoms with Crippen LogP contribution in [0.1, 0.15) is 12.5 Å². The summed E-state index contributed by atoms with van der Waals surface area (Å²) in [5, 5.41) is 0.331. The van der Waals surface area contributed by atoms with Crippen molar-refractivity contribution < 1.29 is 23.9 Å². The van der Waals surface area contributed by atoms with Gasteiger partial charge in [-0.15, -0.1) is 0 Å². The number of rotatable bonds is 5. The Balaban J connectivity index is 2.31. The Morgan fingerprint density at radius 2 is 1.85 bits per heavy atom. The van der Waals surface area contributed by atoms with E-state index in [9.17, 15) is 14.4 Å². The molecule has 1 fully saturated rings. The third-order valence-corrected chi connectivity index (χ3v) is 5.03. The van der Waals surface area contributed by atoms with E-state index in [-0.39, 0.29) is 34.7 Å². The number of carbonyl (C=O) groups excluding carboxylic acids is 3. The molecular weight excluding hydrogens is 460 g/mol. The van der Waals surface area contributed by atoms with Gasteiger partial charge >= 0.3 is 5.97 Å². The van der Waals surface area contributed by atoms with Gasteiger partial charge in [0.1, 0.15) is 5.57 Å². The van der Waals surface area contributed by atoms with Crippen molar-refractivity contribution in [1.29, 1.82) is 0 Å². The summed E-state index contributed by atoms with van der Waals surface area (Å²) in [4.78, 5) is 38.6. The standard InChI is InChI=1S/C17H16BrClN2O5S/c1-4-25-13(22)8-26-14-11(18)6-9(7-12(14)19)5-10-15(23)20(2)17(27)21(3)16(10)24/h5-7H,4,8H2,1-3H3. The van der Waals surface area contributed by atoms with Crippen molar-refractivity contribution in [2.24, 2.45) is 0 Å². The van der Waals surface area contributed by atoms with Crippen molar-refractivity contribution in [2.45, 2.75) is 6.92 Å². The zero-order chi connectivity index (χ0) is 20.3. The average molecular weight is 476 g/mol. The molecule has 0 spiro atoms. The van der Waals surface area contributed by atoms with Gasteiger partial charge < -0.3 is 9.47 Å². The van der Waals surface area contributed by atoms with Gasteiger partial charge in [0, 0.05) is 14.1 Å². The van der Waals surface area contributed by atoms with Gasteiger partial charge in [0.25, 0.3) is 11.8 Å². The van der Waals surface area contributed by atoms with E-state index < -0.39 is 17.8 Å². The van der Waals surface area contributed by atoms with Crippen molar-refractivity contribution >= 4 is 68.7 Å². The molecule has 0 unspecified atom stereocenters. The number of amides is 2. The second-order valence-corrected chi connectivity index (χ2v) is 7.10. The van der Waals surface area contributed by atoms with Crippen LogP contribution in [0.4, 0.5) is 0 Å². The van der Waals surface area contributed by atoms with Crippen LogP contribution in [0.2, 0.25) is 5.02 Å². The van der Waals surface area contributed by atoms with Gasteiger partial charge in [-0.3, -0.25) is 19.4 Å². The number of hydrogen-bond acceptors (Lipinski definition) is 6. The first-order chi connectivity index (χ1) is 12.7. The predicted molar refractivity (Wildman–Crippen MR) is 107 cm³/mol. The first-order valence-corrected chi connectivity index (χ1v) is 9.34. The lowest BCUT2D eigenvalue weighted by molar-refractivity contribution is -0.145. The zero-order valence-corrected chi connectivity index (χ0v) is 17.9. The molecule has 10 heteroatoms. The number of benzene rings is 1. The number of thiocarbonyl (C=S) groups is 1. The van der Waals surface area contributed by atoms with Gasteiger partial charge in [-0.25, -0.2) is 4.79 Å². The van der Waals surface area contributed by atoms with E-state index in [2.05, 4.69) is 15.9 Å². The highest BCUT2D eigenvalue weighted by Gasteiger charge is 2.35. The maximum atomic E-state index is 12.4. The number of hydrogen-bond donors (Lipinski definition) is 0. The lowest BCUT2D eigenvalue weighted by Crippen LogP contribution is -2.52. The molecule has 0 atom stereocenters. The highest BCUT2D eigenvalue weighted by Crippen LogP contribution is 2.35. The minimum Gasteiger partial charge on any atom is -0.479 e. The Morgan fingerprint density at radius 1 is 1.26 bits per heavy atom. The number of nitrogens with zero attached hydrogens (tertiary/aromatic N) is 2. The molecule has 1 heterocycles. The number of carbonyl (C=O) groups is 3. The minimum absolute atomic E-state index is 0.0447. The molecule has 27 heavy (non-hydrogen) atoms.